The third-order valence-electron chi connectivity index (χ3n) is 2.46. The number of hydrogen-bond acceptors (Lipinski definition) is 5. The SMILES string of the molecule is CN1CCOC(C(=O)Cc2cncs2)C1. The number of hydrogen-bond donors (Lipinski definition) is 0. The lowest BCUT2D eigenvalue weighted by Crippen LogP contribution is -2.44. The fraction of sp³-hybridized carbons (Fsp3) is 0.600. The molecule has 1 atom stereocenters. The van der Waals surface area contributed by atoms with E-state index in [1.54, 1.807) is 11.7 Å². The van der Waals surface area contributed by atoms with E-state index in [0.29, 0.717) is 19.6 Å². The van der Waals surface area contributed by atoms with Gasteiger partial charge in [0.25, 0.3) is 0 Å². The maximum atomic E-state index is 11.8. The molecule has 82 valence electrons. The second-order valence-electron chi connectivity index (χ2n) is 3.73. The van der Waals surface area contributed by atoms with E-state index in [1.807, 2.05) is 7.05 Å². The van der Waals surface area contributed by atoms with Crippen molar-refractivity contribution in [2.45, 2.75) is 12.5 Å². The van der Waals surface area contributed by atoms with Crippen LogP contribution in [-0.2, 0) is 16.0 Å². The molecule has 4 nitrogen and oxygen atoms in total. The number of carbonyl (C=O) groups is 1. The second-order valence-corrected chi connectivity index (χ2v) is 4.70. The van der Waals surface area contributed by atoms with Crippen molar-refractivity contribution in [3.63, 3.8) is 0 Å². The number of ether oxygens (including phenoxy) is 1. The summed E-state index contributed by atoms with van der Waals surface area (Å²) >= 11 is 1.51. The molecule has 1 aliphatic heterocycles. The molecule has 1 aromatic heterocycles. The highest BCUT2D eigenvalue weighted by molar-refractivity contribution is 7.09. The van der Waals surface area contributed by atoms with Crippen molar-refractivity contribution in [1.29, 1.82) is 0 Å². The number of rotatable bonds is 3. The normalized spacial score (nSPS) is 22.9. The van der Waals surface area contributed by atoms with Crippen LogP contribution in [0.15, 0.2) is 11.7 Å². The lowest BCUT2D eigenvalue weighted by atomic mass is 10.1. The summed E-state index contributed by atoms with van der Waals surface area (Å²) in [6.45, 7) is 2.26. The molecule has 2 heterocycles. The molecule has 0 aliphatic carbocycles. The Bertz CT molecular complexity index is 326. The molecule has 0 bridgehead atoms. The Balaban J connectivity index is 1.90. The van der Waals surface area contributed by atoms with Gasteiger partial charge in [-0.3, -0.25) is 9.78 Å². The van der Waals surface area contributed by atoms with Crippen LogP contribution in [0.1, 0.15) is 4.88 Å². The van der Waals surface area contributed by atoms with Crippen molar-refractivity contribution in [2.75, 3.05) is 26.7 Å². The first kappa shape index (κ1) is 10.7. The first-order chi connectivity index (χ1) is 7.25. The Morgan fingerprint density at radius 1 is 1.80 bits per heavy atom. The summed E-state index contributed by atoms with van der Waals surface area (Å²) < 4.78 is 5.45. The highest BCUT2D eigenvalue weighted by atomic mass is 32.1. The number of nitrogens with zero attached hydrogens (tertiary/aromatic N) is 2. The standard InChI is InChI=1S/C10H14N2O2S/c1-12-2-3-14-10(6-12)9(13)4-8-5-11-7-15-8/h5,7,10H,2-4,6H2,1H3. The third-order valence-corrected chi connectivity index (χ3v) is 3.24. The van der Waals surface area contributed by atoms with Crippen LogP contribution in [0.5, 0.6) is 0 Å². The van der Waals surface area contributed by atoms with Crippen molar-refractivity contribution in [3.8, 4) is 0 Å². The van der Waals surface area contributed by atoms with Crippen LogP contribution in [0.3, 0.4) is 0 Å². The Hall–Kier alpha value is -0.780. The first-order valence-corrected chi connectivity index (χ1v) is 5.84. The monoisotopic (exact) mass is 226 g/mol. The molecule has 0 N–H and O–H groups in total. The summed E-state index contributed by atoms with van der Waals surface area (Å²) in [5.74, 6) is 0.158. The molecule has 1 unspecified atom stereocenters. The molecule has 0 radical (unpaired) electrons. The molecule has 1 fully saturated rings. The Morgan fingerprint density at radius 3 is 3.33 bits per heavy atom. The lowest BCUT2D eigenvalue weighted by molar-refractivity contribution is -0.134. The fourth-order valence-electron chi connectivity index (χ4n) is 1.59. The largest absolute Gasteiger partial charge is 0.368 e. The maximum Gasteiger partial charge on any atom is 0.168 e. The zero-order valence-corrected chi connectivity index (χ0v) is 9.50. The summed E-state index contributed by atoms with van der Waals surface area (Å²) in [6, 6.07) is 0. The number of likely N-dealkylation sites (N-methyl/N-ethyl adjacent to an activating group) is 1. The van der Waals surface area contributed by atoms with Crippen LogP contribution < -0.4 is 0 Å². The highest BCUT2D eigenvalue weighted by Crippen LogP contribution is 2.11. The van der Waals surface area contributed by atoms with Crippen LogP contribution in [0, 0.1) is 0 Å². The minimum absolute atomic E-state index is 0.158. The van der Waals surface area contributed by atoms with Crippen molar-refractivity contribution in [3.05, 3.63) is 16.6 Å². The number of carbonyl (C=O) groups excluding carboxylic acids is 1. The minimum Gasteiger partial charge on any atom is -0.368 e. The van der Waals surface area contributed by atoms with Crippen LogP contribution in [0.2, 0.25) is 0 Å². The van der Waals surface area contributed by atoms with Crippen LogP contribution in [-0.4, -0.2) is 48.5 Å². The van der Waals surface area contributed by atoms with E-state index in [9.17, 15) is 4.79 Å². The third kappa shape index (κ3) is 2.84. The Morgan fingerprint density at radius 2 is 2.67 bits per heavy atom. The molecule has 0 aromatic carbocycles. The van der Waals surface area contributed by atoms with Crippen LogP contribution >= 0.6 is 11.3 Å². The van der Waals surface area contributed by atoms with Gasteiger partial charge >= 0.3 is 0 Å². The summed E-state index contributed by atoms with van der Waals surface area (Å²) in [4.78, 5) is 18.9. The van der Waals surface area contributed by atoms with Gasteiger partial charge in [0.15, 0.2) is 5.78 Å². The zero-order chi connectivity index (χ0) is 10.7. The van der Waals surface area contributed by atoms with Gasteiger partial charge in [-0.15, -0.1) is 11.3 Å². The van der Waals surface area contributed by atoms with Crippen molar-refractivity contribution in [2.24, 2.45) is 0 Å². The van der Waals surface area contributed by atoms with Gasteiger partial charge in [0.2, 0.25) is 0 Å². The molecule has 5 heteroatoms. The maximum absolute atomic E-state index is 11.8. The number of ketones is 1. The van der Waals surface area contributed by atoms with Gasteiger partial charge in [0.05, 0.1) is 12.1 Å². The lowest BCUT2D eigenvalue weighted by Gasteiger charge is -2.28. The molecule has 1 saturated heterocycles. The molecular weight excluding hydrogens is 212 g/mol. The molecule has 1 aromatic rings. The quantitative estimate of drug-likeness (QED) is 0.756. The Labute approximate surface area is 92.9 Å². The molecule has 2 rings (SSSR count). The van der Waals surface area contributed by atoms with Crippen LogP contribution in [0.4, 0.5) is 0 Å². The van der Waals surface area contributed by atoms with E-state index >= 15 is 0 Å². The summed E-state index contributed by atoms with van der Waals surface area (Å²) in [5.41, 5.74) is 1.75. The fourth-order valence-corrected chi connectivity index (χ4v) is 2.19. The summed E-state index contributed by atoms with van der Waals surface area (Å²) in [6.07, 6.45) is 1.93. The predicted molar refractivity (Wildman–Crippen MR) is 58.1 cm³/mol. The first-order valence-electron chi connectivity index (χ1n) is 4.96. The van der Waals surface area contributed by atoms with Crippen LogP contribution in [0.25, 0.3) is 0 Å². The topological polar surface area (TPSA) is 42.4 Å². The van der Waals surface area contributed by atoms with Crippen molar-refractivity contribution in [1.82, 2.24) is 9.88 Å². The van der Waals surface area contributed by atoms with E-state index in [1.165, 1.54) is 11.3 Å². The summed E-state index contributed by atoms with van der Waals surface area (Å²) in [7, 11) is 2.01. The molecule has 1 aliphatic rings. The van der Waals surface area contributed by atoms with E-state index in [2.05, 4.69) is 9.88 Å². The smallest absolute Gasteiger partial charge is 0.168 e. The molecule has 0 amide bonds. The van der Waals surface area contributed by atoms with Gasteiger partial charge in [-0.2, -0.15) is 0 Å². The van der Waals surface area contributed by atoms with Gasteiger partial charge in [0.1, 0.15) is 6.10 Å². The van der Waals surface area contributed by atoms with Gasteiger partial charge in [-0.1, -0.05) is 0 Å². The Kier molecular flexibility index (Phi) is 3.45. The van der Waals surface area contributed by atoms with E-state index in [0.717, 1.165) is 11.4 Å². The zero-order valence-electron chi connectivity index (χ0n) is 8.68. The molecule has 0 spiro atoms. The van der Waals surface area contributed by atoms with E-state index in [-0.39, 0.29) is 11.9 Å². The highest BCUT2D eigenvalue weighted by Gasteiger charge is 2.24. The molecular formula is C10H14N2O2S. The number of aromatic nitrogens is 1. The van der Waals surface area contributed by atoms with Gasteiger partial charge in [-0.25, -0.2) is 0 Å². The average Bonchev–Trinajstić information content (AvgIpc) is 2.70. The van der Waals surface area contributed by atoms with Crippen molar-refractivity contribution < 1.29 is 9.53 Å². The predicted octanol–water partition coefficient (Wildman–Crippen LogP) is 0.585. The molecule has 15 heavy (non-hydrogen) atoms. The number of Topliss-reactive ketones (excluding diaryl/α,β-unsaturated/α-hetero) is 1. The van der Waals surface area contributed by atoms with Crippen molar-refractivity contribution >= 4 is 17.1 Å². The molecule has 0 saturated carbocycles. The average molecular weight is 226 g/mol. The van der Waals surface area contributed by atoms with Gasteiger partial charge in [0, 0.05) is 30.6 Å². The van der Waals surface area contributed by atoms with Gasteiger partial charge < -0.3 is 9.64 Å². The second kappa shape index (κ2) is 4.83. The van der Waals surface area contributed by atoms with E-state index < -0.39 is 0 Å². The van der Waals surface area contributed by atoms with Gasteiger partial charge in [-0.05, 0) is 7.05 Å². The number of thiazole rings is 1. The van der Waals surface area contributed by atoms with E-state index in [4.69, 9.17) is 4.74 Å². The minimum atomic E-state index is -0.258. The number of morpholine rings is 1. The summed E-state index contributed by atoms with van der Waals surface area (Å²) in [5, 5.41) is 0.